The van der Waals surface area contributed by atoms with Crippen LogP contribution < -0.4 is 10.6 Å². The second-order valence-corrected chi connectivity index (χ2v) is 5.67. The summed E-state index contributed by atoms with van der Waals surface area (Å²) in [7, 11) is 0. The molecule has 3 rings (SSSR count). The molecule has 2 aromatic heterocycles. The Labute approximate surface area is 139 Å². The minimum absolute atomic E-state index is 0.539. The van der Waals surface area contributed by atoms with Crippen LogP contribution in [0, 0.1) is 13.8 Å². The molecule has 0 bridgehead atoms. The average Bonchev–Trinajstić information content (AvgIpc) is 3.01. The summed E-state index contributed by atoms with van der Waals surface area (Å²) in [4.78, 5) is 8.90. The largest absolute Gasteiger partial charge is 0.467 e. The zero-order valence-corrected chi connectivity index (χ0v) is 13.7. The smallest absolute Gasteiger partial charge is 0.229 e. The SMILES string of the molecule is Cc1cc(NCc2ccco2)nc(Nc2ccc(Cl)cc2C)n1. The van der Waals surface area contributed by atoms with Crippen molar-refractivity contribution in [2.45, 2.75) is 20.4 Å². The van der Waals surface area contributed by atoms with Gasteiger partial charge < -0.3 is 15.1 Å². The summed E-state index contributed by atoms with van der Waals surface area (Å²) in [5.41, 5.74) is 2.83. The van der Waals surface area contributed by atoms with Gasteiger partial charge in [0.1, 0.15) is 11.6 Å². The van der Waals surface area contributed by atoms with Gasteiger partial charge in [0.2, 0.25) is 5.95 Å². The van der Waals surface area contributed by atoms with E-state index in [9.17, 15) is 0 Å². The van der Waals surface area contributed by atoms with Crippen LogP contribution in [0.1, 0.15) is 17.0 Å². The Morgan fingerprint density at radius 1 is 1.13 bits per heavy atom. The fourth-order valence-corrected chi connectivity index (χ4v) is 2.42. The number of nitrogens with one attached hydrogen (secondary N) is 2. The third kappa shape index (κ3) is 4.02. The van der Waals surface area contributed by atoms with Crippen LogP contribution >= 0.6 is 11.6 Å². The van der Waals surface area contributed by atoms with Gasteiger partial charge in [0.25, 0.3) is 0 Å². The molecule has 0 saturated heterocycles. The number of hydrogen-bond donors (Lipinski definition) is 2. The third-order valence-corrected chi connectivity index (χ3v) is 3.55. The molecular formula is C17H17ClN4O. The number of halogens is 1. The first kappa shape index (κ1) is 15.4. The molecule has 0 fully saturated rings. The van der Waals surface area contributed by atoms with E-state index >= 15 is 0 Å². The average molecular weight is 329 g/mol. The van der Waals surface area contributed by atoms with E-state index in [0.29, 0.717) is 17.5 Å². The Morgan fingerprint density at radius 2 is 2.00 bits per heavy atom. The molecule has 118 valence electrons. The van der Waals surface area contributed by atoms with Gasteiger partial charge in [0, 0.05) is 22.5 Å². The zero-order valence-electron chi connectivity index (χ0n) is 12.9. The number of anilines is 3. The fourth-order valence-electron chi connectivity index (χ4n) is 2.19. The van der Waals surface area contributed by atoms with E-state index in [-0.39, 0.29) is 0 Å². The summed E-state index contributed by atoms with van der Waals surface area (Å²) in [5.74, 6) is 2.13. The van der Waals surface area contributed by atoms with Crippen molar-refractivity contribution in [3.05, 3.63) is 64.7 Å². The number of nitrogens with zero attached hydrogens (tertiary/aromatic N) is 2. The highest BCUT2D eigenvalue weighted by Crippen LogP contribution is 2.23. The van der Waals surface area contributed by atoms with Crippen molar-refractivity contribution in [1.29, 1.82) is 0 Å². The molecule has 0 radical (unpaired) electrons. The molecule has 23 heavy (non-hydrogen) atoms. The van der Waals surface area contributed by atoms with Gasteiger partial charge in [-0.2, -0.15) is 4.98 Å². The van der Waals surface area contributed by atoms with Crippen LogP contribution in [0.15, 0.2) is 47.1 Å². The lowest BCUT2D eigenvalue weighted by atomic mass is 10.2. The van der Waals surface area contributed by atoms with E-state index < -0.39 is 0 Å². The maximum atomic E-state index is 5.98. The molecule has 2 heterocycles. The lowest BCUT2D eigenvalue weighted by Gasteiger charge is -2.11. The summed E-state index contributed by atoms with van der Waals surface area (Å²) in [6.07, 6.45) is 1.65. The number of aromatic nitrogens is 2. The van der Waals surface area contributed by atoms with E-state index in [1.54, 1.807) is 6.26 Å². The fraction of sp³-hybridized carbons (Fsp3) is 0.176. The number of aryl methyl sites for hydroxylation is 2. The van der Waals surface area contributed by atoms with Crippen LogP contribution in [0.5, 0.6) is 0 Å². The maximum Gasteiger partial charge on any atom is 0.229 e. The molecule has 5 nitrogen and oxygen atoms in total. The van der Waals surface area contributed by atoms with Gasteiger partial charge in [0.15, 0.2) is 0 Å². The Morgan fingerprint density at radius 3 is 2.74 bits per heavy atom. The van der Waals surface area contributed by atoms with Crippen molar-refractivity contribution in [2.24, 2.45) is 0 Å². The lowest BCUT2D eigenvalue weighted by Crippen LogP contribution is -2.05. The predicted molar refractivity (Wildman–Crippen MR) is 92.3 cm³/mol. The molecule has 0 saturated carbocycles. The minimum atomic E-state index is 0.539. The number of rotatable bonds is 5. The summed E-state index contributed by atoms with van der Waals surface area (Å²) in [6, 6.07) is 11.3. The molecule has 0 atom stereocenters. The second kappa shape index (κ2) is 6.71. The maximum absolute atomic E-state index is 5.98. The van der Waals surface area contributed by atoms with Gasteiger partial charge in [-0.05, 0) is 49.7 Å². The predicted octanol–water partition coefficient (Wildman–Crippen LogP) is 4.70. The lowest BCUT2D eigenvalue weighted by molar-refractivity contribution is 0.518. The molecule has 2 N–H and O–H groups in total. The third-order valence-electron chi connectivity index (χ3n) is 3.31. The first-order valence-electron chi connectivity index (χ1n) is 7.25. The molecule has 3 aromatic rings. The van der Waals surface area contributed by atoms with Gasteiger partial charge in [-0.3, -0.25) is 0 Å². The molecule has 0 aliphatic rings. The number of benzene rings is 1. The molecule has 0 unspecified atom stereocenters. The van der Waals surface area contributed by atoms with E-state index in [0.717, 1.165) is 28.5 Å². The van der Waals surface area contributed by atoms with Crippen molar-refractivity contribution in [3.63, 3.8) is 0 Å². The highest BCUT2D eigenvalue weighted by atomic mass is 35.5. The first-order chi connectivity index (χ1) is 11.1. The second-order valence-electron chi connectivity index (χ2n) is 5.24. The van der Waals surface area contributed by atoms with E-state index in [2.05, 4.69) is 20.6 Å². The van der Waals surface area contributed by atoms with E-state index in [1.165, 1.54) is 0 Å². The van der Waals surface area contributed by atoms with E-state index in [4.69, 9.17) is 16.0 Å². The van der Waals surface area contributed by atoms with Gasteiger partial charge in [-0.15, -0.1) is 0 Å². The molecule has 0 aliphatic carbocycles. The highest BCUT2D eigenvalue weighted by Gasteiger charge is 2.06. The molecule has 0 spiro atoms. The minimum Gasteiger partial charge on any atom is -0.467 e. The molecule has 0 aliphatic heterocycles. The Balaban J connectivity index is 1.77. The van der Waals surface area contributed by atoms with Crippen molar-refractivity contribution < 1.29 is 4.42 Å². The topological polar surface area (TPSA) is 63.0 Å². The zero-order chi connectivity index (χ0) is 16.2. The van der Waals surface area contributed by atoms with Crippen LogP contribution in [-0.4, -0.2) is 9.97 Å². The van der Waals surface area contributed by atoms with Crippen molar-refractivity contribution in [3.8, 4) is 0 Å². The van der Waals surface area contributed by atoms with Crippen LogP contribution in [0.25, 0.3) is 0 Å². The molecule has 6 heteroatoms. The van der Waals surface area contributed by atoms with Gasteiger partial charge in [-0.25, -0.2) is 4.98 Å². The van der Waals surface area contributed by atoms with Gasteiger partial charge in [-0.1, -0.05) is 11.6 Å². The standard InChI is InChI=1S/C17H17ClN4O/c1-11-8-13(18)5-6-15(11)21-17-20-12(2)9-16(22-17)19-10-14-4-3-7-23-14/h3-9H,10H2,1-2H3,(H2,19,20,21,22). The first-order valence-corrected chi connectivity index (χ1v) is 7.63. The normalized spacial score (nSPS) is 10.6. The van der Waals surface area contributed by atoms with Gasteiger partial charge >= 0.3 is 0 Å². The summed E-state index contributed by atoms with van der Waals surface area (Å²) in [6.45, 7) is 4.49. The Hall–Kier alpha value is -2.53. The highest BCUT2D eigenvalue weighted by molar-refractivity contribution is 6.30. The summed E-state index contributed by atoms with van der Waals surface area (Å²) in [5, 5.41) is 7.17. The molecule has 0 amide bonds. The summed E-state index contributed by atoms with van der Waals surface area (Å²) >= 11 is 5.98. The monoisotopic (exact) mass is 328 g/mol. The molecular weight excluding hydrogens is 312 g/mol. The van der Waals surface area contributed by atoms with Crippen LogP contribution in [0.3, 0.4) is 0 Å². The van der Waals surface area contributed by atoms with E-state index in [1.807, 2.05) is 50.2 Å². The van der Waals surface area contributed by atoms with Crippen molar-refractivity contribution in [1.82, 2.24) is 9.97 Å². The van der Waals surface area contributed by atoms with Crippen molar-refractivity contribution >= 4 is 29.1 Å². The van der Waals surface area contributed by atoms with Crippen LogP contribution in [0.4, 0.5) is 17.5 Å². The Bertz CT molecular complexity index is 802. The van der Waals surface area contributed by atoms with Crippen LogP contribution in [0.2, 0.25) is 5.02 Å². The number of hydrogen-bond acceptors (Lipinski definition) is 5. The number of furan rings is 1. The molecule has 1 aromatic carbocycles. The van der Waals surface area contributed by atoms with Crippen LogP contribution in [-0.2, 0) is 6.54 Å². The van der Waals surface area contributed by atoms with Crippen molar-refractivity contribution in [2.75, 3.05) is 10.6 Å². The van der Waals surface area contributed by atoms with Gasteiger partial charge in [0.05, 0.1) is 12.8 Å². The Kier molecular flexibility index (Phi) is 4.48. The quantitative estimate of drug-likeness (QED) is 0.711. The summed E-state index contributed by atoms with van der Waals surface area (Å²) < 4.78 is 5.30.